The summed E-state index contributed by atoms with van der Waals surface area (Å²) >= 11 is 3.09. The molecule has 0 aliphatic heterocycles. The lowest BCUT2D eigenvalue weighted by Gasteiger charge is -2.07. The van der Waals surface area contributed by atoms with Crippen LogP contribution in [0.4, 0.5) is 0 Å². The van der Waals surface area contributed by atoms with Gasteiger partial charge < -0.3 is 9.64 Å². The third-order valence-corrected chi connectivity index (χ3v) is 4.94. The van der Waals surface area contributed by atoms with Crippen LogP contribution in [0.1, 0.15) is 15.4 Å². The number of para-hydroxylation sites is 1. The van der Waals surface area contributed by atoms with Crippen molar-refractivity contribution in [3.63, 3.8) is 0 Å². The monoisotopic (exact) mass is 344 g/mol. The van der Waals surface area contributed by atoms with Gasteiger partial charge in [0, 0.05) is 24.9 Å². The van der Waals surface area contributed by atoms with Crippen LogP contribution in [0.15, 0.2) is 47.2 Å². The molecule has 118 valence electrons. The van der Waals surface area contributed by atoms with Crippen LogP contribution in [0.3, 0.4) is 0 Å². The number of ether oxygens (including phenoxy) is 1. The first-order valence-electron chi connectivity index (χ1n) is 7.06. The number of hydrogen-bond acceptors (Lipinski definition) is 5. The van der Waals surface area contributed by atoms with E-state index in [1.54, 1.807) is 30.3 Å². The molecule has 0 N–H and O–H groups in total. The molecule has 23 heavy (non-hydrogen) atoms. The summed E-state index contributed by atoms with van der Waals surface area (Å²) in [6, 6.07) is 11.6. The van der Waals surface area contributed by atoms with Gasteiger partial charge in [0.1, 0.15) is 17.4 Å². The molecule has 0 aliphatic carbocycles. The van der Waals surface area contributed by atoms with E-state index in [-0.39, 0.29) is 5.91 Å². The SMILES string of the molecule is CN(C)C(=O)c1csc(-c2csc(COc3ccccc3)n2)c1. The number of nitrogens with zero attached hydrogens (tertiary/aromatic N) is 2. The highest BCUT2D eigenvalue weighted by Crippen LogP contribution is 2.29. The number of amides is 1. The molecule has 0 aliphatic rings. The molecule has 4 nitrogen and oxygen atoms in total. The highest BCUT2D eigenvalue weighted by molar-refractivity contribution is 7.14. The number of carbonyl (C=O) groups excluding carboxylic acids is 1. The molecule has 0 atom stereocenters. The molecular weight excluding hydrogens is 328 g/mol. The predicted molar refractivity (Wildman–Crippen MR) is 94.2 cm³/mol. The van der Waals surface area contributed by atoms with Crippen LogP contribution >= 0.6 is 22.7 Å². The molecule has 0 saturated carbocycles. The van der Waals surface area contributed by atoms with E-state index in [0.29, 0.717) is 12.2 Å². The molecule has 1 amide bonds. The number of benzene rings is 1. The van der Waals surface area contributed by atoms with Gasteiger partial charge in [-0.2, -0.15) is 0 Å². The predicted octanol–water partition coefficient (Wildman–Crippen LogP) is 4.15. The summed E-state index contributed by atoms with van der Waals surface area (Å²) in [5.41, 5.74) is 1.59. The fourth-order valence-electron chi connectivity index (χ4n) is 1.99. The van der Waals surface area contributed by atoms with Crippen LogP contribution in [-0.4, -0.2) is 29.9 Å². The van der Waals surface area contributed by atoms with Gasteiger partial charge in [-0.15, -0.1) is 22.7 Å². The maximum absolute atomic E-state index is 11.9. The van der Waals surface area contributed by atoms with Crippen LogP contribution in [0.5, 0.6) is 5.75 Å². The Labute approximate surface area is 143 Å². The average molecular weight is 344 g/mol. The van der Waals surface area contributed by atoms with Crippen molar-refractivity contribution in [3.8, 4) is 16.3 Å². The molecule has 0 spiro atoms. The van der Waals surface area contributed by atoms with Crippen LogP contribution in [0, 0.1) is 0 Å². The van der Waals surface area contributed by atoms with Crippen molar-refractivity contribution in [2.75, 3.05) is 14.1 Å². The van der Waals surface area contributed by atoms with E-state index >= 15 is 0 Å². The molecule has 0 bridgehead atoms. The van der Waals surface area contributed by atoms with Crippen molar-refractivity contribution in [1.82, 2.24) is 9.88 Å². The zero-order chi connectivity index (χ0) is 16.2. The minimum absolute atomic E-state index is 0.00960. The number of thiophene rings is 1. The Morgan fingerprint density at radius 3 is 2.70 bits per heavy atom. The van der Waals surface area contributed by atoms with E-state index in [0.717, 1.165) is 21.3 Å². The highest BCUT2D eigenvalue weighted by Gasteiger charge is 2.13. The Bertz CT molecular complexity index is 794. The first kappa shape index (κ1) is 15.7. The zero-order valence-corrected chi connectivity index (χ0v) is 14.5. The third kappa shape index (κ3) is 3.78. The second-order valence-electron chi connectivity index (χ2n) is 5.13. The van der Waals surface area contributed by atoms with Crippen molar-refractivity contribution >= 4 is 28.6 Å². The molecule has 6 heteroatoms. The van der Waals surface area contributed by atoms with Gasteiger partial charge >= 0.3 is 0 Å². The van der Waals surface area contributed by atoms with Crippen LogP contribution in [0.25, 0.3) is 10.6 Å². The van der Waals surface area contributed by atoms with Gasteiger partial charge in [-0.05, 0) is 18.2 Å². The highest BCUT2D eigenvalue weighted by atomic mass is 32.1. The van der Waals surface area contributed by atoms with E-state index in [4.69, 9.17) is 4.74 Å². The van der Waals surface area contributed by atoms with Gasteiger partial charge in [-0.3, -0.25) is 4.79 Å². The van der Waals surface area contributed by atoms with Crippen molar-refractivity contribution in [1.29, 1.82) is 0 Å². The van der Waals surface area contributed by atoms with Gasteiger partial charge in [0.25, 0.3) is 5.91 Å². The van der Waals surface area contributed by atoms with Gasteiger partial charge in [0.05, 0.1) is 16.1 Å². The quantitative estimate of drug-likeness (QED) is 0.698. The topological polar surface area (TPSA) is 42.4 Å². The molecule has 2 aromatic heterocycles. The van der Waals surface area contributed by atoms with Crippen LogP contribution in [-0.2, 0) is 6.61 Å². The third-order valence-electron chi connectivity index (χ3n) is 3.16. The smallest absolute Gasteiger partial charge is 0.254 e. The summed E-state index contributed by atoms with van der Waals surface area (Å²) in [6.45, 7) is 0.448. The Balaban J connectivity index is 1.68. The maximum atomic E-state index is 11.9. The number of hydrogen-bond donors (Lipinski definition) is 0. The minimum atomic E-state index is 0.00960. The lowest BCUT2D eigenvalue weighted by Crippen LogP contribution is -2.20. The zero-order valence-electron chi connectivity index (χ0n) is 12.9. The Kier molecular flexibility index (Phi) is 4.73. The van der Waals surface area contributed by atoms with Crippen molar-refractivity contribution < 1.29 is 9.53 Å². The summed E-state index contributed by atoms with van der Waals surface area (Å²) in [7, 11) is 3.50. The second kappa shape index (κ2) is 6.93. The van der Waals surface area contributed by atoms with Crippen molar-refractivity contribution in [2.24, 2.45) is 0 Å². The molecule has 0 saturated heterocycles. The number of carbonyl (C=O) groups is 1. The molecular formula is C17H16N2O2S2. The van der Waals surface area contributed by atoms with Crippen molar-refractivity contribution in [2.45, 2.75) is 6.61 Å². The fourth-order valence-corrected chi connectivity index (χ4v) is 3.62. The normalized spacial score (nSPS) is 10.5. The molecule has 0 unspecified atom stereocenters. The molecule has 3 aromatic rings. The second-order valence-corrected chi connectivity index (χ2v) is 6.98. The summed E-state index contributed by atoms with van der Waals surface area (Å²) in [5.74, 6) is 0.842. The van der Waals surface area contributed by atoms with E-state index in [1.165, 1.54) is 11.3 Å². The molecule has 0 radical (unpaired) electrons. The number of rotatable bonds is 5. The van der Waals surface area contributed by atoms with E-state index in [2.05, 4.69) is 4.98 Å². The fraction of sp³-hybridized carbons (Fsp3) is 0.176. The summed E-state index contributed by atoms with van der Waals surface area (Å²) in [5, 5.41) is 4.79. The average Bonchev–Trinajstić information content (AvgIpc) is 3.22. The van der Waals surface area contributed by atoms with Gasteiger partial charge in [-0.25, -0.2) is 4.98 Å². The Morgan fingerprint density at radius 2 is 1.96 bits per heavy atom. The van der Waals surface area contributed by atoms with E-state index < -0.39 is 0 Å². The standard InChI is InChI=1S/C17H16N2O2S2/c1-19(2)17(20)12-8-15(22-10-12)14-11-23-16(18-14)9-21-13-6-4-3-5-7-13/h3-8,10-11H,9H2,1-2H3. The van der Waals surface area contributed by atoms with Crippen molar-refractivity contribution in [3.05, 3.63) is 57.7 Å². The minimum Gasteiger partial charge on any atom is -0.486 e. The number of aromatic nitrogens is 1. The van der Waals surface area contributed by atoms with Crippen LogP contribution < -0.4 is 4.74 Å². The summed E-state index contributed by atoms with van der Waals surface area (Å²) < 4.78 is 5.71. The maximum Gasteiger partial charge on any atom is 0.254 e. The van der Waals surface area contributed by atoms with E-state index in [1.807, 2.05) is 47.2 Å². The molecule has 3 rings (SSSR count). The number of thiazole rings is 1. The molecule has 2 heterocycles. The Hall–Kier alpha value is -2.18. The molecule has 0 fully saturated rings. The molecule has 1 aromatic carbocycles. The summed E-state index contributed by atoms with van der Waals surface area (Å²) in [6.07, 6.45) is 0. The van der Waals surface area contributed by atoms with E-state index in [9.17, 15) is 4.79 Å². The Morgan fingerprint density at radius 1 is 1.17 bits per heavy atom. The lowest BCUT2D eigenvalue weighted by atomic mass is 10.2. The largest absolute Gasteiger partial charge is 0.486 e. The van der Waals surface area contributed by atoms with Gasteiger partial charge in [0.2, 0.25) is 0 Å². The first-order chi connectivity index (χ1) is 11.1. The van der Waals surface area contributed by atoms with Gasteiger partial charge in [-0.1, -0.05) is 18.2 Å². The van der Waals surface area contributed by atoms with Gasteiger partial charge in [0.15, 0.2) is 0 Å². The lowest BCUT2D eigenvalue weighted by molar-refractivity contribution is 0.0828. The first-order valence-corrected chi connectivity index (χ1v) is 8.82. The summed E-state index contributed by atoms with van der Waals surface area (Å²) in [4.78, 5) is 19.1. The van der Waals surface area contributed by atoms with Crippen LogP contribution in [0.2, 0.25) is 0 Å².